The molecule has 4 aromatic rings. The summed E-state index contributed by atoms with van der Waals surface area (Å²) in [6.45, 7) is 0.396. The van der Waals surface area contributed by atoms with Crippen LogP contribution in [-0.2, 0) is 6.54 Å². The summed E-state index contributed by atoms with van der Waals surface area (Å²) in [6.07, 6.45) is 8.63. The number of carbonyl (C=O) groups is 1. The summed E-state index contributed by atoms with van der Waals surface area (Å²) in [5.41, 5.74) is 1.51. The van der Waals surface area contributed by atoms with Crippen LogP contribution in [0.4, 0.5) is 0 Å². The van der Waals surface area contributed by atoms with Crippen molar-refractivity contribution in [1.29, 1.82) is 0 Å². The molecule has 0 aliphatic carbocycles. The second-order valence-electron chi connectivity index (χ2n) is 5.95. The maximum absolute atomic E-state index is 12.7. The van der Waals surface area contributed by atoms with Gasteiger partial charge < -0.3 is 5.32 Å². The van der Waals surface area contributed by atoms with Crippen LogP contribution in [0.3, 0.4) is 0 Å². The number of rotatable bonds is 6. The number of nitrogens with one attached hydrogen (secondary N) is 1. The molecule has 0 atom stereocenters. The Labute approximate surface area is 166 Å². The zero-order valence-electron chi connectivity index (χ0n) is 14.9. The highest BCUT2D eigenvalue weighted by atomic mass is 32.2. The van der Waals surface area contributed by atoms with Crippen LogP contribution in [0.1, 0.15) is 15.9 Å². The highest BCUT2D eigenvalue weighted by Crippen LogP contribution is 2.28. The molecule has 0 spiro atoms. The lowest BCUT2D eigenvalue weighted by molar-refractivity contribution is 0.0947. The van der Waals surface area contributed by atoms with Crippen LogP contribution < -0.4 is 5.32 Å². The lowest BCUT2D eigenvalue weighted by atomic mass is 10.2. The molecule has 1 N–H and O–H groups in total. The standard InChI is InChI=1S/C21H17N5OS/c27-20(18-7-4-9-24-21(18)28-17-5-2-1-3-6-17)25-14-16-8-10-23-19(13-16)26-12-11-22-15-26/h1-13,15H,14H2,(H,25,27). The molecule has 28 heavy (non-hydrogen) atoms. The Morgan fingerprint density at radius 1 is 1.00 bits per heavy atom. The van der Waals surface area contributed by atoms with Gasteiger partial charge in [0, 0.05) is 36.2 Å². The molecule has 0 aliphatic rings. The molecule has 0 aliphatic heterocycles. The van der Waals surface area contributed by atoms with Crippen LogP contribution in [0.25, 0.3) is 5.82 Å². The minimum absolute atomic E-state index is 0.160. The van der Waals surface area contributed by atoms with E-state index in [-0.39, 0.29) is 5.91 Å². The third-order valence-corrected chi connectivity index (χ3v) is 5.03. The number of aromatic nitrogens is 4. The van der Waals surface area contributed by atoms with Crippen molar-refractivity contribution in [3.05, 3.63) is 96.8 Å². The molecule has 0 saturated heterocycles. The molecule has 138 valence electrons. The number of pyridine rings is 2. The molecule has 3 heterocycles. The van der Waals surface area contributed by atoms with Gasteiger partial charge in [-0.1, -0.05) is 30.0 Å². The molecular formula is C21H17N5OS. The van der Waals surface area contributed by atoms with E-state index in [0.717, 1.165) is 16.3 Å². The second kappa shape index (κ2) is 8.49. The smallest absolute Gasteiger partial charge is 0.254 e. The first-order chi connectivity index (χ1) is 13.8. The first kappa shape index (κ1) is 17.9. The molecule has 0 bridgehead atoms. The van der Waals surface area contributed by atoms with Crippen molar-refractivity contribution in [3.63, 3.8) is 0 Å². The maximum Gasteiger partial charge on any atom is 0.254 e. The Balaban J connectivity index is 1.47. The minimum Gasteiger partial charge on any atom is -0.348 e. The fourth-order valence-electron chi connectivity index (χ4n) is 2.63. The van der Waals surface area contributed by atoms with E-state index in [9.17, 15) is 4.79 Å². The van der Waals surface area contributed by atoms with Crippen molar-refractivity contribution in [2.45, 2.75) is 16.5 Å². The summed E-state index contributed by atoms with van der Waals surface area (Å²) in [5, 5.41) is 3.65. The second-order valence-corrected chi connectivity index (χ2v) is 7.01. The van der Waals surface area contributed by atoms with Crippen LogP contribution in [0.2, 0.25) is 0 Å². The molecular weight excluding hydrogens is 370 g/mol. The number of benzene rings is 1. The molecule has 1 aromatic carbocycles. The van der Waals surface area contributed by atoms with Crippen molar-refractivity contribution < 1.29 is 4.79 Å². The van der Waals surface area contributed by atoms with E-state index in [1.165, 1.54) is 11.8 Å². The molecule has 0 saturated carbocycles. The molecule has 4 rings (SSSR count). The van der Waals surface area contributed by atoms with E-state index in [0.29, 0.717) is 17.1 Å². The van der Waals surface area contributed by atoms with Gasteiger partial charge in [-0.25, -0.2) is 15.0 Å². The number of imidazole rings is 1. The summed E-state index contributed by atoms with van der Waals surface area (Å²) in [4.78, 5) is 26.5. The van der Waals surface area contributed by atoms with Crippen LogP contribution >= 0.6 is 11.8 Å². The average Bonchev–Trinajstić information content (AvgIpc) is 3.28. The van der Waals surface area contributed by atoms with Gasteiger partial charge in [0.25, 0.3) is 5.91 Å². The van der Waals surface area contributed by atoms with Crippen molar-refractivity contribution in [2.75, 3.05) is 0 Å². The van der Waals surface area contributed by atoms with Crippen LogP contribution in [0.15, 0.2) is 95.6 Å². The van der Waals surface area contributed by atoms with Crippen molar-refractivity contribution >= 4 is 17.7 Å². The van der Waals surface area contributed by atoms with Crippen LogP contribution in [0.5, 0.6) is 0 Å². The SMILES string of the molecule is O=C(NCc1ccnc(-n2ccnc2)c1)c1cccnc1Sc1ccccc1. The zero-order valence-corrected chi connectivity index (χ0v) is 15.7. The molecule has 0 unspecified atom stereocenters. The van der Waals surface area contributed by atoms with Crippen molar-refractivity contribution in [1.82, 2.24) is 24.8 Å². The largest absolute Gasteiger partial charge is 0.348 e. The van der Waals surface area contributed by atoms with Gasteiger partial charge in [0.05, 0.1) is 5.56 Å². The van der Waals surface area contributed by atoms with Crippen molar-refractivity contribution in [2.24, 2.45) is 0 Å². The highest BCUT2D eigenvalue weighted by Gasteiger charge is 2.13. The highest BCUT2D eigenvalue weighted by molar-refractivity contribution is 7.99. The fraction of sp³-hybridized carbons (Fsp3) is 0.0476. The van der Waals surface area contributed by atoms with E-state index in [4.69, 9.17) is 0 Å². The summed E-state index contributed by atoms with van der Waals surface area (Å²) < 4.78 is 1.82. The maximum atomic E-state index is 12.7. The third-order valence-electron chi connectivity index (χ3n) is 4.01. The molecule has 7 heteroatoms. The fourth-order valence-corrected chi connectivity index (χ4v) is 3.53. The van der Waals surface area contributed by atoms with Crippen molar-refractivity contribution in [3.8, 4) is 5.82 Å². The van der Waals surface area contributed by atoms with Gasteiger partial charge in [-0.2, -0.15) is 0 Å². The Hall–Kier alpha value is -3.45. The van der Waals surface area contributed by atoms with Gasteiger partial charge in [-0.05, 0) is 42.0 Å². The minimum atomic E-state index is -0.160. The Kier molecular flexibility index (Phi) is 5.44. The van der Waals surface area contributed by atoms with Gasteiger partial charge in [0.15, 0.2) is 0 Å². The third kappa shape index (κ3) is 4.27. The first-order valence-electron chi connectivity index (χ1n) is 8.69. The lowest BCUT2D eigenvalue weighted by Crippen LogP contribution is -2.23. The summed E-state index contributed by atoms with van der Waals surface area (Å²) in [6, 6.07) is 17.2. The van der Waals surface area contributed by atoms with Crippen LogP contribution in [0, 0.1) is 0 Å². The molecule has 1 amide bonds. The summed E-state index contributed by atoms with van der Waals surface area (Å²) >= 11 is 1.47. The molecule has 6 nitrogen and oxygen atoms in total. The van der Waals surface area contributed by atoms with E-state index in [1.807, 2.05) is 53.2 Å². The van der Waals surface area contributed by atoms with E-state index < -0.39 is 0 Å². The number of hydrogen-bond acceptors (Lipinski definition) is 5. The van der Waals surface area contributed by atoms with E-state index in [1.54, 1.807) is 37.1 Å². The van der Waals surface area contributed by atoms with E-state index in [2.05, 4.69) is 20.3 Å². The quantitative estimate of drug-likeness (QED) is 0.546. The Bertz CT molecular complexity index is 1070. The Morgan fingerprint density at radius 3 is 2.71 bits per heavy atom. The topological polar surface area (TPSA) is 72.7 Å². The summed E-state index contributed by atoms with van der Waals surface area (Å²) in [7, 11) is 0. The molecule has 3 aromatic heterocycles. The molecule has 0 fully saturated rings. The van der Waals surface area contributed by atoms with Gasteiger partial charge in [0.2, 0.25) is 0 Å². The number of hydrogen-bond donors (Lipinski definition) is 1. The number of nitrogens with zero attached hydrogens (tertiary/aromatic N) is 4. The zero-order chi connectivity index (χ0) is 19.2. The van der Waals surface area contributed by atoms with Gasteiger partial charge in [-0.15, -0.1) is 0 Å². The average molecular weight is 387 g/mol. The van der Waals surface area contributed by atoms with Crippen LogP contribution in [-0.4, -0.2) is 25.4 Å². The molecule has 0 radical (unpaired) electrons. The summed E-state index contributed by atoms with van der Waals surface area (Å²) in [5.74, 6) is 0.596. The lowest BCUT2D eigenvalue weighted by Gasteiger charge is -2.10. The number of carbonyl (C=O) groups excluding carboxylic acids is 1. The van der Waals surface area contributed by atoms with Gasteiger partial charge in [-0.3, -0.25) is 9.36 Å². The predicted octanol–water partition coefficient (Wildman–Crippen LogP) is 3.74. The number of amides is 1. The Morgan fingerprint density at radius 2 is 1.89 bits per heavy atom. The normalized spacial score (nSPS) is 10.6. The first-order valence-corrected chi connectivity index (χ1v) is 9.50. The predicted molar refractivity (Wildman–Crippen MR) is 107 cm³/mol. The van der Waals surface area contributed by atoms with Gasteiger partial charge in [0.1, 0.15) is 17.2 Å². The van der Waals surface area contributed by atoms with Gasteiger partial charge >= 0.3 is 0 Å². The monoisotopic (exact) mass is 387 g/mol. The van der Waals surface area contributed by atoms with E-state index >= 15 is 0 Å².